The maximum atomic E-state index is 12.3. The van der Waals surface area contributed by atoms with Crippen LogP contribution in [0.3, 0.4) is 0 Å². The molecule has 0 amide bonds. The average molecular weight is 227 g/mol. The Morgan fingerprint density at radius 1 is 1.12 bits per heavy atom. The van der Waals surface area contributed by atoms with Gasteiger partial charge in [0.05, 0.1) is 0 Å². The first-order chi connectivity index (χ1) is 7.47. The number of nitrogens with zero attached hydrogens (tertiary/aromatic N) is 1. The molecule has 2 rings (SSSR count). The molecular weight excluding hydrogens is 219 g/mol. The maximum absolute atomic E-state index is 12.3. The van der Waals surface area contributed by atoms with Crippen LogP contribution in [0.25, 0.3) is 11.3 Å². The Morgan fingerprint density at radius 3 is 2.25 bits per heavy atom. The fourth-order valence-electron chi connectivity index (χ4n) is 1.26. The standard InChI is InChI=1S/C11H8F3NO/c1-7-2-4-8(5-3-7)9-6-10(15-16-9)11(12,13)14/h2-6H,1H3. The van der Waals surface area contributed by atoms with Crippen LogP contribution in [0.5, 0.6) is 0 Å². The van der Waals surface area contributed by atoms with Crippen molar-refractivity contribution in [2.45, 2.75) is 13.1 Å². The zero-order chi connectivity index (χ0) is 11.8. The van der Waals surface area contributed by atoms with E-state index in [0.29, 0.717) is 5.56 Å². The smallest absolute Gasteiger partial charge is 0.356 e. The monoisotopic (exact) mass is 227 g/mol. The van der Waals surface area contributed by atoms with Gasteiger partial charge in [0.1, 0.15) is 0 Å². The minimum Gasteiger partial charge on any atom is -0.356 e. The lowest BCUT2D eigenvalue weighted by atomic mass is 10.1. The first kappa shape index (κ1) is 10.7. The van der Waals surface area contributed by atoms with Crippen molar-refractivity contribution in [1.29, 1.82) is 0 Å². The highest BCUT2D eigenvalue weighted by Crippen LogP contribution is 2.31. The lowest BCUT2D eigenvalue weighted by molar-refractivity contribution is -0.142. The molecule has 5 heteroatoms. The molecule has 1 aromatic carbocycles. The molecule has 1 heterocycles. The predicted octanol–water partition coefficient (Wildman–Crippen LogP) is 3.67. The molecule has 0 bridgehead atoms. The second-order valence-electron chi connectivity index (χ2n) is 3.44. The van der Waals surface area contributed by atoms with Crippen LogP contribution >= 0.6 is 0 Å². The highest BCUT2D eigenvalue weighted by atomic mass is 19.4. The van der Waals surface area contributed by atoms with E-state index in [4.69, 9.17) is 0 Å². The van der Waals surface area contributed by atoms with Crippen molar-refractivity contribution in [2.75, 3.05) is 0 Å². The minimum atomic E-state index is -4.47. The molecule has 0 fully saturated rings. The molecule has 2 aromatic rings. The Morgan fingerprint density at radius 2 is 1.75 bits per heavy atom. The van der Waals surface area contributed by atoms with E-state index in [1.54, 1.807) is 24.3 Å². The van der Waals surface area contributed by atoms with E-state index in [0.717, 1.165) is 11.6 Å². The van der Waals surface area contributed by atoms with Gasteiger partial charge in [-0.1, -0.05) is 35.0 Å². The summed E-state index contributed by atoms with van der Waals surface area (Å²) in [6, 6.07) is 7.87. The minimum absolute atomic E-state index is 0.118. The zero-order valence-corrected chi connectivity index (χ0v) is 8.38. The molecule has 0 aliphatic rings. The normalized spacial score (nSPS) is 11.8. The van der Waals surface area contributed by atoms with E-state index in [2.05, 4.69) is 9.68 Å². The summed E-state index contributed by atoms with van der Waals surface area (Å²) < 4.78 is 41.4. The lowest BCUT2D eigenvalue weighted by Crippen LogP contribution is -2.04. The van der Waals surface area contributed by atoms with Crippen LogP contribution in [0, 0.1) is 6.92 Å². The molecule has 2 nitrogen and oxygen atoms in total. The molecule has 1 aromatic heterocycles. The highest BCUT2D eigenvalue weighted by molar-refractivity contribution is 5.57. The molecule has 0 atom stereocenters. The molecule has 0 aliphatic heterocycles. The topological polar surface area (TPSA) is 26.0 Å². The molecule has 84 valence electrons. The van der Waals surface area contributed by atoms with Gasteiger partial charge in [-0.05, 0) is 6.92 Å². The number of alkyl halides is 3. The maximum Gasteiger partial charge on any atom is 0.436 e. The summed E-state index contributed by atoms with van der Waals surface area (Å²) in [6.45, 7) is 1.89. The second-order valence-corrected chi connectivity index (χ2v) is 3.44. The second kappa shape index (κ2) is 3.66. The summed E-state index contributed by atoms with van der Waals surface area (Å²) in [5.41, 5.74) is 0.594. The van der Waals surface area contributed by atoms with E-state index in [1.165, 1.54) is 0 Å². The van der Waals surface area contributed by atoms with Crippen LogP contribution < -0.4 is 0 Å². The van der Waals surface area contributed by atoms with E-state index in [1.807, 2.05) is 6.92 Å². The molecule has 0 unspecified atom stereocenters. The zero-order valence-electron chi connectivity index (χ0n) is 8.38. The first-order valence-electron chi connectivity index (χ1n) is 4.58. The highest BCUT2D eigenvalue weighted by Gasteiger charge is 2.35. The summed E-state index contributed by atoms with van der Waals surface area (Å²) in [4.78, 5) is 0. The van der Waals surface area contributed by atoms with E-state index < -0.39 is 11.9 Å². The van der Waals surface area contributed by atoms with Gasteiger partial charge in [-0.2, -0.15) is 13.2 Å². The van der Waals surface area contributed by atoms with Gasteiger partial charge in [0, 0.05) is 11.6 Å². The number of rotatable bonds is 1. The van der Waals surface area contributed by atoms with Crippen molar-refractivity contribution in [1.82, 2.24) is 5.16 Å². The van der Waals surface area contributed by atoms with Crippen LogP contribution in [0.1, 0.15) is 11.3 Å². The molecule has 0 spiro atoms. The summed E-state index contributed by atoms with van der Waals surface area (Å²) >= 11 is 0. The molecule has 0 saturated carbocycles. The summed E-state index contributed by atoms with van der Waals surface area (Å²) in [6.07, 6.45) is -4.47. The third kappa shape index (κ3) is 2.08. The van der Waals surface area contributed by atoms with E-state index in [9.17, 15) is 13.2 Å². The Labute approximate surface area is 89.7 Å². The third-order valence-corrected chi connectivity index (χ3v) is 2.14. The van der Waals surface area contributed by atoms with Gasteiger partial charge in [-0.15, -0.1) is 0 Å². The largest absolute Gasteiger partial charge is 0.436 e. The van der Waals surface area contributed by atoms with Crippen molar-refractivity contribution < 1.29 is 17.7 Å². The summed E-state index contributed by atoms with van der Waals surface area (Å²) in [7, 11) is 0. The molecule has 16 heavy (non-hydrogen) atoms. The Balaban J connectivity index is 2.35. The van der Waals surface area contributed by atoms with Gasteiger partial charge in [-0.25, -0.2) is 0 Å². The first-order valence-corrected chi connectivity index (χ1v) is 4.58. The molecule has 0 radical (unpaired) electrons. The Kier molecular flexibility index (Phi) is 2.46. The van der Waals surface area contributed by atoms with Crippen LogP contribution in [0.4, 0.5) is 13.2 Å². The van der Waals surface area contributed by atoms with Gasteiger partial charge in [0.25, 0.3) is 0 Å². The lowest BCUT2D eigenvalue weighted by Gasteiger charge is -1.97. The number of aryl methyl sites for hydroxylation is 1. The number of hydrogen-bond donors (Lipinski definition) is 0. The molecular formula is C11H8F3NO. The Hall–Kier alpha value is -1.78. The van der Waals surface area contributed by atoms with Gasteiger partial charge in [0.2, 0.25) is 0 Å². The Bertz CT molecular complexity index is 485. The van der Waals surface area contributed by atoms with Crippen LogP contribution in [-0.2, 0) is 6.18 Å². The number of aromatic nitrogens is 1. The van der Waals surface area contributed by atoms with Gasteiger partial charge < -0.3 is 4.52 Å². The van der Waals surface area contributed by atoms with Gasteiger partial charge >= 0.3 is 6.18 Å². The number of halogens is 3. The van der Waals surface area contributed by atoms with Crippen LogP contribution in [0.2, 0.25) is 0 Å². The van der Waals surface area contributed by atoms with Crippen molar-refractivity contribution in [2.24, 2.45) is 0 Å². The van der Waals surface area contributed by atoms with Crippen LogP contribution in [0.15, 0.2) is 34.9 Å². The SMILES string of the molecule is Cc1ccc(-c2cc(C(F)(F)F)no2)cc1. The number of hydrogen-bond acceptors (Lipinski definition) is 2. The molecule has 0 saturated heterocycles. The summed E-state index contributed by atoms with van der Waals surface area (Å²) in [5, 5.41) is 2.99. The molecule has 0 aliphatic carbocycles. The predicted molar refractivity (Wildman–Crippen MR) is 51.7 cm³/mol. The quantitative estimate of drug-likeness (QED) is 0.742. The van der Waals surface area contributed by atoms with Crippen molar-refractivity contribution in [3.8, 4) is 11.3 Å². The van der Waals surface area contributed by atoms with Crippen LogP contribution in [-0.4, -0.2) is 5.16 Å². The van der Waals surface area contributed by atoms with E-state index in [-0.39, 0.29) is 5.76 Å². The average Bonchev–Trinajstić information content (AvgIpc) is 2.67. The van der Waals surface area contributed by atoms with Crippen molar-refractivity contribution in [3.63, 3.8) is 0 Å². The fraction of sp³-hybridized carbons (Fsp3) is 0.182. The fourth-order valence-corrected chi connectivity index (χ4v) is 1.26. The van der Waals surface area contributed by atoms with Crippen molar-refractivity contribution >= 4 is 0 Å². The van der Waals surface area contributed by atoms with Crippen molar-refractivity contribution in [3.05, 3.63) is 41.6 Å². The van der Waals surface area contributed by atoms with E-state index >= 15 is 0 Å². The van der Waals surface area contributed by atoms with Gasteiger partial charge in [0.15, 0.2) is 11.5 Å². The summed E-state index contributed by atoms with van der Waals surface area (Å²) in [5.74, 6) is 0.118. The third-order valence-electron chi connectivity index (χ3n) is 2.14. The molecule has 0 N–H and O–H groups in total. The van der Waals surface area contributed by atoms with Gasteiger partial charge in [-0.3, -0.25) is 0 Å². The number of benzene rings is 1.